The number of ether oxygens (including phenoxy) is 1. The number of nitrogens with one attached hydrogen (secondary N) is 2. The monoisotopic (exact) mass is 404 g/mol. The van der Waals surface area contributed by atoms with E-state index in [2.05, 4.69) is 10.6 Å². The van der Waals surface area contributed by atoms with Gasteiger partial charge >= 0.3 is 12.0 Å². The molecule has 0 aromatic heterocycles. The van der Waals surface area contributed by atoms with Crippen molar-refractivity contribution < 1.29 is 19.1 Å². The Hall–Kier alpha value is -2.08. The summed E-state index contributed by atoms with van der Waals surface area (Å²) in [4.78, 5) is 36.1. The van der Waals surface area contributed by atoms with E-state index in [1.165, 1.54) is 19.3 Å². The number of carbonyl (C=O) groups is 3. The topological polar surface area (TPSA) is 84.5 Å². The van der Waals surface area contributed by atoms with Crippen molar-refractivity contribution in [2.45, 2.75) is 50.5 Å². The molecule has 0 aliphatic heterocycles. The van der Waals surface area contributed by atoms with Crippen LogP contribution in [0.3, 0.4) is 0 Å². The number of rotatable bonds is 5. The van der Waals surface area contributed by atoms with E-state index in [1.807, 2.05) is 0 Å². The third kappa shape index (κ3) is 4.49. The molecule has 0 saturated heterocycles. The Labute approximate surface area is 169 Å². The van der Waals surface area contributed by atoms with Crippen molar-refractivity contribution >= 4 is 29.5 Å². The second-order valence-corrected chi connectivity index (χ2v) is 9.10. The molecule has 7 heteroatoms. The van der Waals surface area contributed by atoms with Gasteiger partial charge in [-0.2, -0.15) is 0 Å². The number of halogens is 1. The first-order valence-corrected chi connectivity index (χ1v) is 10.3. The largest absolute Gasteiger partial charge is 0.455 e. The lowest BCUT2D eigenvalue weighted by molar-refractivity contribution is -0.147. The fourth-order valence-corrected chi connectivity index (χ4v) is 5.79. The predicted octanol–water partition coefficient (Wildman–Crippen LogP) is 3.22. The minimum Gasteiger partial charge on any atom is -0.455 e. The van der Waals surface area contributed by atoms with Crippen molar-refractivity contribution in [3.05, 3.63) is 34.9 Å². The summed E-state index contributed by atoms with van der Waals surface area (Å²) in [5.41, 5.74) is 0.582. The Kier molecular flexibility index (Phi) is 5.32. The number of benzene rings is 1. The summed E-state index contributed by atoms with van der Waals surface area (Å²) >= 11 is 5.80. The quantitative estimate of drug-likeness (QED) is 0.738. The number of hydrogen-bond acceptors (Lipinski definition) is 4. The van der Waals surface area contributed by atoms with Gasteiger partial charge in [-0.1, -0.05) is 23.7 Å². The second-order valence-electron chi connectivity index (χ2n) is 8.66. The fraction of sp³-hybridized carbons (Fsp3) is 0.571. The molecule has 3 amide bonds. The van der Waals surface area contributed by atoms with Gasteiger partial charge in [-0.05, 0) is 74.0 Å². The van der Waals surface area contributed by atoms with E-state index in [4.69, 9.17) is 16.3 Å². The number of carbonyl (C=O) groups excluding carboxylic acids is 3. The Bertz CT molecular complexity index is 742. The molecule has 28 heavy (non-hydrogen) atoms. The van der Waals surface area contributed by atoms with Gasteiger partial charge in [0.15, 0.2) is 6.61 Å². The molecular weight excluding hydrogens is 380 g/mol. The van der Waals surface area contributed by atoms with E-state index in [0.717, 1.165) is 24.8 Å². The fourth-order valence-electron chi connectivity index (χ4n) is 5.66. The smallest absolute Gasteiger partial charge is 0.321 e. The van der Waals surface area contributed by atoms with E-state index in [0.29, 0.717) is 22.8 Å². The molecular formula is C21H25ClN2O4. The zero-order valence-electron chi connectivity index (χ0n) is 15.7. The van der Waals surface area contributed by atoms with Crippen LogP contribution >= 0.6 is 11.6 Å². The third-order valence-corrected chi connectivity index (χ3v) is 6.55. The molecule has 4 fully saturated rings. The van der Waals surface area contributed by atoms with Gasteiger partial charge in [0.1, 0.15) is 0 Å². The maximum Gasteiger partial charge on any atom is 0.321 e. The number of esters is 1. The number of imide groups is 1. The van der Waals surface area contributed by atoms with Gasteiger partial charge in [0, 0.05) is 10.6 Å². The van der Waals surface area contributed by atoms with Crippen LogP contribution in [0, 0.1) is 17.8 Å². The van der Waals surface area contributed by atoms with Gasteiger partial charge in [-0.25, -0.2) is 4.79 Å². The Morgan fingerprint density at radius 1 is 1.00 bits per heavy atom. The number of hydrogen-bond donors (Lipinski definition) is 2. The van der Waals surface area contributed by atoms with Crippen LogP contribution in [0.4, 0.5) is 4.79 Å². The molecule has 150 valence electrons. The first-order chi connectivity index (χ1) is 13.4. The molecule has 0 heterocycles. The summed E-state index contributed by atoms with van der Waals surface area (Å²) in [5, 5.41) is 5.95. The van der Waals surface area contributed by atoms with Crippen LogP contribution in [0.2, 0.25) is 5.02 Å². The Morgan fingerprint density at radius 2 is 1.57 bits per heavy atom. The van der Waals surface area contributed by atoms with Crippen molar-refractivity contribution in [2.75, 3.05) is 6.61 Å². The van der Waals surface area contributed by atoms with Crippen molar-refractivity contribution in [2.24, 2.45) is 17.8 Å². The molecule has 6 nitrogen and oxygen atoms in total. The second kappa shape index (κ2) is 7.74. The zero-order valence-corrected chi connectivity index (χ0v) is 16.5. The Morgan fingerprint density at radius 3 is 2.14 bits per heavy atom. The van der Waals surface area contributed by atoms with Crippen LogP contribution in [-0.2, 0) is 20.7 Å². The normalized spacial score (nSPS) is 30.0. The number of amides is 3. The standard InChI is InChI=1S/C21H25ClN2O4/c22-17-3-1-13(2-4-17)8-19(26)28-12-18(25)23-20(27)24-21-9-14-5-15(10-21)7-16(6-14)11-21/h1-4,14-16H,5-12H2,(H2,23,24,25,27). The SMILES string of the molecule is O=C(COC(=O)Cc1ccc(Cl)cc1)NC(=O)NC12CC3CC(CC(C3)C1)C2. The van der Waals surface area contributed by atoms with E-state index in [1.54, 1.807) is 24.3 Å². The highest BCUT2D eigenvalue weighted by atomic mass is 35.5. The van der Waals surface area contributed by atoms with Crippen molar-refractivity contribution in [3.8, 4) is 0 Å². The highest BCUT2D eigenvalue weighted by molar-refractivity contribution is 6.30. The van der Waals surface area contributed by atoms with Gasteiger partial charge in [0.05, 0.1) is 6.42 Å². The van der Waals surface area contributed by atoms with Gasteiger partial charge < -0.3 is 10.1 Å². The lowest BCUT2D eigenvalue weighted by Crippen LogP contribution is -2.62. The molecule has 4 aliphatic rings. The summed E-state index contributed by atoms with van der Waals surface area (Å²) in [5.74, 6) is 0.967. The first-order valence-electron chi connectivity index (χ1n) is 9.91. The molecule has 4 bridgehead atoms. The highest BCUT2D eigenvalue weighted by Gasteiger charge is 2.51. The van der Waals surface area contributed by atoms with E-state index in [9.17, 15) is 14.4 Å². The van der Waals surface area contributed by atoms with E-state index >= 15 is 0 Å². The maximum atomic E-state index is 12.3. The van der Waals surface area contributed by atoms with E-state index < -0.39 is 24.5 Å². The van der Waals surface area contributed by atoms with Crippen LogP contribution in [0.5, 0.6) is 0 Å². The lowest BCUT2D eigenvalue weighted by Gasteiger charge is -2.56. The molecule has 1 aromatic rings. The molecule has 0 atom stereocenters. The average Bonchev–Trinajstić information content (AvgIpc) is 2.60. The molecule has 0 unspecified atom stereocenters. The molecule has 4 aliphatic carbocycles. The summed E-state index contributed by atoms with van der Waals surface area (Å²) in [6.07, 6.45) is 6.93. The van der Waals surface area contributed by atoms with Crippen LogP contribution in [0.1, 0.15) is 44.1 Å². The maximum absolute atomic E-state index is 12.3. The van der Waals surface area contributed by atoms with Gasteiger partial charge in [-0.3, -0.25) is 14.9 Å². The van der Waals surface area contributed by atoms with Crippen molar-refractivity contribution in [1.29, 1.82) is 0 Å². The van der Waals surface area contributed by atoms with Crippen molar-refractivity contribution in [1.82, 2.24) is 10.6 Å². The molecule has 0 spiro atoms. The van der Waals surface area contributed by atoms with Gasteiger partial charge in [0.2, 0.25) is 0 Å². The van der Waals surface area contributed by atoms with Crippen LogP contribution in [-0.4, -0.2) is 30.1 Å². The first kappa shape index (κ1) is 19.2. The summed E-state index contributed by atoms with van der Waals surface area (Å²) in [6, 6.07) is 6.34. The van der Waals surface area contributed by atoms with Crippen LogP contribution in [0.25, 0.3) is 0 Å². The van der Waals surface area contributed by atoms with Gasteiger partial charge in [-0.15, -0.1) is 0 Å². The molecule has 0 radical (unpaired) electrons. The summed E-state index contributed by atoms with van der Waals surface area (Å²) in [6.45, 7) is -0.472. The molecule has 2 N–H and O–H groups in total. The summed E-state index contributed by atoms with van der Waals surface area (Å²) in [7, 11) is 0. The molecule has 5 rings (SSSR count). The van der Waals surface area contributed by atoms with Crippen LogP contribution in [0.15, 0.2) is 24.3 Å². The number of urea groups is 1. The lowest BCUT2D eigenvalue weighted by atomic mass is 9.53. The van der Waals surface area contributed by atoms with Crippen molar-refractivity contribution in [3.63, 3.8) is 0 Å². The predicted molar refractivity (Wildman–Crippen MR) is 104 cm³/mol. The summed E-state index contributed by atoms with van der Waals surface area (Å²) < 4.78 is 4.97. The average molecular weight is 405 g/mol. The minimum atomic E-state index is -0.619. The molecule has 1 aromatic carbocycles. The minimum absolute atomic E-state index is 0.0456. The Balaban J connectivity index is 1.21. The third-order valence-electron chi connectivity index (χ3n) is 6.30. The van der Waals surface area contributed by atoms with Gasteiger partial charge in [0.25, 0.3) is 5.91 Å². The van der Waals surface area contributed by atoms with E-state index in [-0.39, 0.29) is 12.0 Å². The highest BCUT2D eigenvalue weighted by Crippen LogP contribution is 2.55. The molecule has 4 saturated carbocycles. The zero-order chi connectivity index (χ0) is 19.7. The van der Waals surface area contributed by atoms with Crippen LogP contribution < -0.4 is 10.6 Å².